The van der Waals surface area contributed by atoms with Crippen LogP contribution in [0.25, 0.3) is 10.9 Å². The van der Waals surface area contributed by atoms with Gasteiger partial charge in [-0.15, -0.1) is 0 Å². The summed E-state index contributed by atoms with van der Waals surface area (Å²) in [6.45, 7) is 5.91. The quantitative estimate of drug-likeness (QED) is 0.116. The maximum Gasteiger partial charge on any atom is 0.407 e. The van der Waals surface area contributed by atoms with E-state index in [1.54, 1.807) is 20.8 Å². The second kappa shape index (κ2) is 15.3. The van der Waals surface area contributed by atoms with Crippen molar-refractivity contribution in [3.8, 4) is 0 Å². The molecule has 0 aliphatic heterocycles. The molecule has 0 spiro atoms. The van der Waals surface area contributed by atoms with E-state index in [-0.39, 0.29) is 18.9 Å². The van der Waals surface area contributed by atoms with Crippen LogP contribution >= 0.6 is 0 Å². The van der Waals surface area contributed by atoms with Crippen molar-refractivity contribution < 1.29 is 28.7 Å². The number of amides is 3. The third kappa shape index (κ3) is 8.87. The van der Waals surface area contributed by atoms with Crippen LogP contribution in [-0.4, -0.2) is 53.1 Å². The number of hydrogen-bond donors (Lipinski definition) is 4. The van der Waals surface area contributed by atoms with Crippen molar-refractivity contribution in [3.05, 3.63) is 71.9 Å². The number of rotatable bonds is 14. The van der Waals surface area contributed by atoms with Crippen molar-refractivity contribution in [2.45, 2.75) is 109 Å². The predicted octanol–water partition coefficient (Wildman–Crippen LogP) is 6.33. The Kier molecular flexibility index (Phi) is 10.8. The van der Waals surface area contributed by atoms with E-state index in [9.17, 15) is 19.2 Å². The topological polar surface area (TPSA) is 139 Å². The summed E-state index contributed by atoms with van der Waals surface area (Å²) >= 11 is 0. The summed E-state index contributed by atoms with van der Waals surface area (Å²) in [4.78, 5) is 57.3. The molecule has 4 N–H and O–H groups in total. The molecular formula is C40H52N4O6. The number of para-hydroxylation sites is 1. The van der Waals surface area contributed by atoms with Gasteiger partial charge in [-0.05, 0) is 114 Å². The van der Waals surface area contributed by atoms with E-state index in [2.05, 4.69) is 20.9 Å². The number of alkyl carbamates (subject to hydrolysis) is 1. The van der Waals surface area contributed by atoms with Crippen LogP contribution in [0.2, 0.25) is 0 Å². The van der Waals surface area contributed by atoms with E-state index >= 15 is 0 Å². The Balaban J connectivity index is 1.11. The summed E-state index contributed by atoms with van der Waals surface area (Å²) in [5.74, 6) is 0.792. The van der Waals surface area contributed by atoms with E-state index in [0.29, 0.717) is 43.6 Å². The van der Waals surface area contributed by atoms with Crippen LogP contribution in [-0.2, 0) is 36.9 Å². The Morgan fingerprint density at radius 3 is 2.20 bits per heavy atom. The monoisotopic (exact) mass is 684 g/mol. The third-order valence-corrected chi connectivity index (χ3v) is 10.7. The number of nitrogens with one attached hydrogen (secondary N) is 4. The number of unbranched alkanes of at least 4 members (excludes halogenated alkanes) is 1. The van der Waals surface area contributed by atoms with Crippen LogP contribution in [0, 0.1) is 23.2 Å². The lowest BCUT2D eigenvalue weighted by Gasteiger charge is -2.55. The molecule has 3 amide bonds. The normalized spacial score (nSPS) is 23.5. The van der Waals surface area contributed by atoms with Gasteiger partial charge in [-0.25, -0.2) is 9.59 Å². The van der Waals surface area contributed by atoms with Gasteiger partial charge in [0.1, 0.15) is 24.3 Å². The van der Waals surface area contributed by atoms with Crippen molar-refractivity contribution in [2.24, 2.45) is 23.2 Å². The SMILES string of the molecule is CC(C)(C)OC(=O)C(CCCCNC(=O)OCc1ccccc1)NC(=O)C(Cc1c[nH]c2ccccc12)NC(=O)C12CC3CC(CC(C3)C1)C2. The van der Waals surface area contributed by atoms with Gasteiger partial charge in [0, 0.05) is 35.5 Å². The first-order valence-electron chi connectivity index (χ1n) is 18.3. The van der Waals surface area contributed by atoms with Gasteiger partial charge in [0.05, 0.1) is 0 Å². The minimum absolute atomic E-state index is 0.0318. The molecule has 2 aromatic carbocycles. The smallest absolute Gasteiger partial charge is 0.407 e. The zero-order valence-electron chi connectivity index (χ0n) is 29.6. The largest absolute Gasteiger partial charge is 0.458 e. The number of benzene rings is 2. The van der Waals surface area contributed by atoms with Gasteiger partial charge in [-0.1, -0.05) is 48.5 Å². The fourth-order valence-electron chi connectivity index (χ4n) is 8.76. The Morgan fingerprint density at radius 2 is 1.52 bits per heavy atom. The molecule has 268 valence electrons. The Labute approximate surface area is 294 Å². The molecular weight excluding hydrogens is 632 g/mol. The highest BCUT2D eigenvalue weighted by Gasteiger charge is 2.55. The number of carbonyl (C=O) groups is 4. The van der Waals surface area contributed by atoms with Gasteiger partial charge in [-0.2, -0.15) is 0 Å². The Bertz CT molecular complexity index is 1630. The second-order valence-corrected chi connectivity index (χ2v) is 15.9. The number of fused-ring (bicyclic) bond motifs is 1. The number of H-pyrrole nitrogens is 1. The van der Waals surface area contributed by atoms with Gasteiger partial charge < -0.3 is 30.4 Å². The molecule has 0 radical (unpaired) electrons. The molecule has 4 fully saturated rings. The molecule has 3 aromatic rings. The van der Waals surface area contributed by atoms with Crippen molar-refractivity contribution in [1.82, 2.24) is 20.9 Å². The highest BCUT2D eigenvalue weighted by atomic mass is 16.6. The lowest BCUT2D eigenvalue weighted by atomic mass is 9.49. The molecule has 1 heterocycles. The minimum atomic E-state index is -0.923. The van der Waals surface area contributed by atoms with Crippen molar-refractivity contribution >= 4 is 34.8 Å². The molecule has 1 aromatic heterocycles. The van der Waals surface area contributed by atoms with Crippen molar-refractivity contribution in [2.75, 3.05) is 6.54 Å². The second-order valence-electron chi connectivity index (χ2n) is 15.9. The maximum atomic E-state index is 14.2. The number of carbonyl (C=O) groups excluding carboxylic acids is 4. The Hall–Kier alpha value is -4.34. The molecule has 4 aliphatic carbocycles. The molecule has 10 nitrogen and oxygen atoms in total. The molecule has 4 bridgehead atoms. The molecule has 2 unspecified atom stereocenters. The zero-order valence-corrected chi connectivity index (χ0v) is 29.6. The summed E-state index contributed by atoms with van der Waals surface area (Å²) in [6.07, 6.45) is 9.39. The molecule has 4 saturated carbocycles. The Morgan fingerprint density at radius 1 is 0.860 bits per heavy atom. The lowest BCUT2D eigenvalue weighted by molar-refractivity contribution is -0.159. The summed E-state index contributed by atoms with van der Waals surface area (Å²) in [5, 5.41) is 9.92. The van der Waals surface area contributed by atoms with Crippen LogP contribution in [0.3, 0.4) is 0 Å². The average Bonchev–Trinajstić information content (AvgIpc) is 3.48. The summed E-state index contributed by atoms with van der Waals surface area (Å²) < 4.78 is 11.0. The molecule has 0 saturated heterocycles. The molecule has 50 heavy (non-hydrogen) atoms. The number of ether oxygens (including phenoxy) is 2. The van der Waals surface area contributed by atoms with E-state index in [4.69, 9.17) is 9.47 Å². The first-order chi connectivity index (χ1) is 24.0. The van der Waals surface area contributed by atoms with Gasteiger partial charge in [-0.3, -0.25) is 9.59 Å². The van der Waals surface area contributed by atoms with Crippen LogP contribution in [0.4, 0.5) is 4.79 Å². The van der Waals surface area contributed by atoms with Gasteiger partial charge in [0.2, 0.25) is 11.8 Å². The number of aromatic nitrogens is 1. The van der Waals surface area contributed by atoms with Gasteiger partial charge >= 0.3 is 12.1 Å². The maximum absolute atomic E-state index is 14.2. The summed E-state index contributed by atoms with van der Waals surface area (Å²) in [7, 11) is 0. The first kappa shape index (κ1) is 35.5. The van der Waals surface area contributed by atoms with Crippen LogP contribution in [0.5, 0.6) is 0 Å². The molecule has 4 aliphatic rings. The van der Waals surface area contributed by atoms with E-state index < -0.39 is 41.1 Å². The lowest BCUT2D eigenvalue weighted by Crippen LogP contribution is -2.59. The predicted molar refractivity (Wildman–Crippen MR) is 191 cm³/mol. The van der Waals surface area contributed by atoms with E-state index in [1.165, 1.54) is 19.3 Å². The van der Waals surface area contributed by atoms with Gasteiger partial charge in [0.15, 0.2) is 0 Å². The fraction of sp³-hybridized carbons (Fsp3) is 0.550. The van der Waals surface area contributed by atoms with Crippen molar-refractivity contribution in [1.29, 1.82) is 0 Å². The first-order valence-corrected chi connectivity index (χ1v) is 18.3. The van der Waals surface area contributed by atoms with Crippen LogP contribution < -0.4 is 16.0 Å². The number of hydrogen-bond acceptors (Lipinski definition) is 6. The standard InChI is InChI=1S/C40H52N4O6/c1-39(2,3)50-36(46)33(15-9-10-16-41-38(48)49-25-26-11-5-4-6-12-26)43-35(45)34(20-30-24-42-32-14-8-7-13-31(30)32)44-37(47)40-21-27-17-28(22-40)19-29(18-27)23-40/h4-8,11-14,24,27-29,33-34,42H,9-10,15-23,25H2,1-3H3,(H,41,48)(H,43,45)(H,44,47). The van der Waals surface area contributed by atoms with Gasteiger partial charge in [0.25, 0.3) is 0 Å². The summed E-state index contributed by atoms with van der Waals surface area (Å²) in [5.41, 5.74) is 1.60. The van der Waals surface area contributed by atoms with Crippen LogP contribution in [0.1, 0.15) is 89.7 Å². The number of esters is 1. The van der Waals surface area contributed by atoms with E-state index in [0.717, 1.165) is 41.3 Å². The molecule has 2 atom stereocenters. The highest BCUT2D eigenvalue weighted by Crippen LogP contribution is 2.60. The average molecular weight is 685 g/mol. The molecule has 7 rings (SSSR count). The number of aromatic amines is 1. The highest BCUT2D eigenvalue weighted by molar-refractivity contribution is 5.93. The van der Waals surface area contributed by atoms with Crippen molar-refractivity contribution in [3.63, 3.8) is 0 Å². The minimum Gasteiger partial charge on any atom is -0.458 e. The fourth-order valence-corrected chi connectivity index (χ4v) is 8.76. The zero-order chi connectivity index (χ0) is 35.3. The third-order valence-electron chi connectivity index (χ3n) is 10.7. The van der Waals surface area contributed by atoms with Crippen LogP contribution in [0.15, 0.2) is 60.8 Å². The molecule has 10 heteroatoms. The summed E-state index contributed by atoms with van der Waals surface area (Å²) in [6, 6.07) is 15.6. The van der Waals surface area contributed by atoms with E-state index in [1.807, 2.05) is 60.8 Å².